The lowest BCUT2D eigenvalue weighted by Crippen LogP contribution is -2.30. The van der Waals surface area contributed by atoms with E-state index in [-0.39, 0.29) is 5.91 Å². The van der Waals surface area contributed by atoms with Crippen molar-refractivity contribution in [1.29, 1.82) is 0 Å². The Bertz CT molecular complexity index is 1070. The number of rotatable bonds is 4. The fourth-order valence-electron chi connectivity index (χ4n) is 3.71. The summed E-state index contributed by atoms with van der Waals surface area (Å²) in [5, 5.41) is 4.63. The number of hydrogen-bond donors (Lipinski definition) is 1. The molecular formula is C24H24ClN3O. The summed E-state index contributed by atoms with van der Waals surface area (Å²) in [7, 11) is 0. The minimum atomic E-state index is -0.181. The number of benzene rings is 2. The first-order valence-electron chi connectivity index (χ1n) is 9.99. The van der Waals surface area contributed by atoms with Crippen LogP contribution in [0, 0.1) is 6.92 Å². The third kappa shape index (κ3) is 4.77. The zero-order valence-corrected chi connectivity index (χ0v) is 17.2. The monoisotopic (exact) mass is 405 g/mol. The van der Waals surface area contributed by atoms with Crippen molar-refractivity contribution in [3.63, 3.8) is 0 Å². The number of carbonyl (C=O) groups excluding carboxylic acids is 1. The van der Waals surface area contributed by atoms with E-state index in [0.717, 1.165) is 41.1 Å². The van der Waals surface area contributed by atoms with Crippen LogP contribution in [0.1, 0.15) is 30.4 Å². The molecule has 148 valence electrons. The van der Waals surface area contributed by atoms with Gasteiger partial charge in [0.2, 0.25) is 5.91 Å². The van der Waals surface area contributed by atoms with Crippen molar-refractivity contribution in [2.45, 2.75) is 26.2 Å². The van der Waals surface area contributed by atoms with Gasteiger partial charge < -0.3 is 10.2 Å². The van der Waals surface area contributed by atoms with Crippen LogP contribution < -0.4 is 10.2 Å². The Kier molecular flexibility index (Phi) is 5.81. The topological polar surface area (TPSA) is 45.2 Å². The smallest absolute Gasteiger partial charge is 0.248 e. The molecule has 1 aromatic heterocycles. The summed E-state index contributed by atoms with van der Waals surface area (Å²) >= 11 is 5.98. The van der Waals surface area contributed by atoms with Crippen molar-refractivity contribution >= 4 is 46.0 Å². The average Bonchev–Trinajstić information content (AvgIpc) is 2.73. The molecule has 0 aliphatic carbocycles. The van der Waals surface area contributed by atoms with Crippen molar-refractivity contribution in [2.24, 2.45) is 0 Å². The normalized spacial score (nSPS) is 14.5. The third-order valence-corrected chi connectivity index (χ3v) is 5.46. The van der Waals surface area contributed by atoms with Gasteiger partial charge in [-0.15, -0.1) is 0 Å². The highest BCUT2D eigenvalue weighted by Gasteiger charge is 2.14. The van der Waals surface area contributed by atoms with E-state index in [1.54, 1.807) is 12.1 Å². The van der Waals surface area contributed by atoms with Gasteiger partial charge in [-0.2, -0.15) is 0 Å². The van der Waals surface area contributed by atoms with Crippen molar-refractivity contribution in [3.05, 3.63) is 70.8 Å². The van der Waals surface area contributed by atoms with Crippen molar-refractivity contribution in [3.8, 4) is 0 Å². The molecule has 29 heavy (non-hydrogen) atoms. The van der Waals surface area contributed by atoms with E-state index in [4.69, 9.17) is 16.6 Å². The van der Waals surface area contributed by atoms with E-state index in [0.29, 0.717) is 5.02 Å². The number of hydrogen-bond acceptors (Lipinski definition) is 3. The molecule has 1 aliphatic heterocycles. The molecule has 1 amide bonds. The Balaban J connectivity index is 1.51. The number of nitrogens with zero attached hydrogens (tertiary/aromatic N) is 2. The number of pyridine rings is 1. The van der Waals surface area contributed by atoms with Gasteiger partial charge in [0.1, 0.15) is 5.82 Å². The molecule has 0 radical (unpaired) electrons. The van der Waals surface area contributed by atoms with E-state index in [9.17, 15) is 4.79 Å². The van der Waals surface area contributed by atoms with Gasteiger partial charge in [-0.3, -0.25) is 4.79 Å². The standard InChI is InChI=1S/C24H24ClN3O/c1-17-14-23(28-12-3-2-4-13-28)27-22-10-9-20(16-21(17)22)26-24(29)11-8-18-6-5-7-19(25)15-18/h5-11,14-16H,2-4,12-13H2,1H3,(H,26,29). The van der Waals surface area contributed by atoms with Crippen molar-refractivity contribution in [1.82, 2.24) is 4.98 Å². The molecule has 0 unspecified atom stereocenters. The largest absolute Gasteiger partial charge is 0.357 e. The molecule has 1 saturated heterocycles. The number of nitrogens with one attached hydrogen (secondary N) is 1. The van der Waals surface area contributed by atoms with Crippen LogP contribution in [0.2, 0.25) is 5.02 Å². The van der Waals surface area contributed by atoms with Crippen LogP contribution in [0.4, 0.5) is 11.5 Å². The Labute approximate surface area is 176 Å². The van der Waals surface area contributed by atoms with Gasteiger partial charge in [0.25, 0.3) is 0 Å². The highest BCUT2D eigenvalue weighted by Crippen LogP contribution is 2.27. The van der Waals surface area contributed by atoms with Crippen LogP contribution in [0.5, 0.6) is 0 Å². The summed E-state index contributed by atoms with van der Waals surface area (Å²) in [5.41, 5.74) is 3.77. The Morgan fingerprint density at radius 1 is 1.10 bits per heavy atom. The number of piperidine rings is 1. The van der Waals surface area contributed by atoms with Crippen LogP contribution in [0.3, 0.4) is 0 Å². The van der Waals surface area contributed by atoms with E-state index < -0.39 is 0 Å². The second-order valence-electron chi connectivity index (χ2n) is 7.45. The number of amides is 1. The minimum absolute atomic E-state index is 0.181. The first-order chi connectivity index (χ1) is 14.1. The quantitative estimate of drug-likeness (QED) is 0.554. The highest BCUT2D eigenvalue weighted by molar-refractivity contribution is 6.30. The molecule has 1 N–H and O–H groups in total. The molecule has 0 atom stereocenters. The van der Waals surface area contributed by atoms with Gasteiger partial charge >= 0.3 is 0 Å². The van der Waals surface area contributed by atoms with Gasteiger partial charge in [-0.25, -0.2) is 4.98 Å². The lowest BCUT2D eigenvalue weighted by molar-refractivity contribution is -0.111. The average molecular weight is 406 g/mol. The number of halogens is 1. The molecule has 0 bridgehead atoms. The number of carbonyl (C=O) groups is 1. The van der Waals surface area contributed by atoms with Gasteiger partial charge in [0.15, 0.2) is 0 Å². The molecular weight excluding hydrogens is 382 g/mol. The number of aromatic nitrogens is 1. The zero-order valence-electron chi connectivity index (χ0n) is 16.5. The van der Waals surface area contributed by atoms with E-state index in [2.05, 4.69) is 23.2 Å². The van der Waals surface area contributed by atoms with Crippen LogP contribution in [-0.4, -0.2) is 24.0 Å². The number of anilines is 2. The highest BCUT2D eigenvalue weighted by atomic mass is 35.5. The van der Waals surface area contributed by atoms with Crippen LogP contribution in [-0.2, 0) is 4.79 Å². The van der Waals surface area contributed by atoms with Gasteiger partial charge in [0.05, 0.1) is 5.52 Å². The SMILES string of the molecule is Cc1cc(N2CCCCC2)nc2ccc(NC(=O)C=Cc3cccc(Cl)c3)cc12. The Morgan fingerprint density at radius 3 is 2.72 bits per heavy atom. The first-order valence-corrected chi connectivity index (χ1v) is 10.4. The van der Waals surface area contributed by atoms with Gasteiger partial charge in [-0.05, 0) is 79.8 Å². The summed E-state index contributed by atoms with van der Waals surface area (Å²) in [6.07, 6.45) is 7.02. The van der Waals surface area contributed by atoms with E-state index in [1.807, 2.05) is 36.4 Å². The molecule has 4 rings (SSSR count). The maximum atomic E-state index is 12.3. The summed E-state index contributed by atoms with van der Waals surface area (Å²) in [6, 6.07) is 15.4. The first kappa shape index (κ1) is 19.5. The predicted octanol–water partition coefficient (Wildman–Crippen LogP) is 5.84. The van der Waals surface area contributed by atoms with Crippen molar-refractivity contribution in [2.75, 3.05) is 23.3 Å². The summed E-state index contributed by atoms with van der Waals surface area (Å²) in [6.45, 7) is 4.25. The summed E-state index contributed by atoms with van der Waals surface area (Å²) in [4.78, 5) is 19.5. The van der Waals surface area contributed by atoms with Crippen LogP contribution in [0.15, 0.2) is 54.6 Å². The summed E-state index contributed by atoms with van der Waals surface area (Å²) in [5.74, 6) is 0.871. The van der Waals surface area contributed by atoms with Crippen LogP contribution >= 0.6 is 11.6 Å². The molecule has 5 heteroatoms. The second kappa shape index (κ2) is 8.66. The molecule has 1 fully saturated rings. The zero-order chi connectivity index (χ0) is 20.2. The molecule has 4 nitrogen and oxygen atoms in total. The second-order valence-corrected chi connectivity index (χ2v) is 7.89. The van der Waals surface area contributed by atoms with Crippen molar-refractivity contribution < 1.29 is 4.79 Å². The fraction of sp³-hybridized carbons (Fsp3) is 0.250. The molecule has 2 aromatic carbocycles. The maximum Gasteiger partial charge on any atom is 0.248 e. The Morgan fingerprint density at radius 2 is 1.93 bits per heavy atom. The Hall–Kier alpha value is -2.85. The third-order valence-electron chi connectivity index (χ3n) is 5.23. The number of aryl methyl sites for hydroxylation is 1. The molecule has 2 heterocycles. The fourth-order valence-corrected chi connectivity index (χ4v) is 3.90. The van der Waals surface area contributed by atoms with E-state index in [1.165, 1.54) is 30.9 Å². The van der Waals surface area contributed by atoms with Gasteiger partial charge in [0, 0.05) is 35.3 Å². The molecule has 0 spiro atoms. The number of fused-ring (bicyclic) bond motifs is 1. The van der Waals surface area contributed by atoms with Gasteiger partial charge in [-0.1, -0.05) is 23.7 Å². The van der Waals surface area contributed by atoms with E-state index >= 15 is 0 Å². The minimum Gasteiger partial charge on any atom is -0.357 e. The molecule has 3 aromatic rings. The molecule has 1 aliphatic rings. The molecule has 0 saturated carbocycles. The summed E-state index contributed by atoms with van der Waals surface area (Å²) < 4.78 is 0. The lowest BCUT2D eigenvalue weighted by atomic mass is 10.1. The lowest BCUT2D eigenvalue weighted by Gasteiger charge is -2.28. The maximum absolute atomic E-state index is 12.3. The predicted molar refractivity (Wildman–Crippen MR) is 122 cm³/mol. The van der Waals surface area contributed by atoms with Crippen LogP contribution in [0.25, 0.3) is 17.0 Å².